The summed E-state index contributed by atoms with van der Waals surface area (Å²) in [6.45, 7) is 7.62. The Morgan fingerprint density at radius 3 is 2.20 bits per heavy atom. The van der Waals surface area contributed by atoms with Crippen molar-refractivity contribution < 1.29 is 27.8 Å². The number of nitrogens with zero attached hydrogens (tertiary/aromatic N) is 1. The van der Waals surface area contributed by atoms with Crippen molar-refractivity contribution in [2.24, 2.45) is 0 Å². The molecule has 0 spiro atoms. The molecule has 0 fully saturated rings. The van der Waals surface area contributed by atoms with Gasteiger partial charge >= 0.3 is 12.1 Å². The number of carbonyl (C=O) groups excluding carboxylic acids is 1. The van der Waals surface area contributed by atoms with Gasteiger partial charge in [-0.1, -0.05) is 37.8 Å². The highest BCUT2D eigenvalue weighted by atomic mass is 19.4. The van der Waals surface area contributed by atoms with Crippen LogP contribution in [0.2, 0.25) is 0 Å². The zero-order valence-corrected chi connectivity index (χ0v) is 19.7. The first-order chi connectivity index (χ1) is 16.6. The molecule has 3 aromatic rings. The molecule has 0 unspecified atom stereocenters. The average Bonchev–Trinajstić information content (AvgIpc) is 2.84. The van der Waals surface area contributed by atoms with Crippen LogP contribution in [0.1, 0.15) is 58.9 Å². The second-order valence-electron chi connectivity index (χ2n) is 7.10. The minimum absolute atomic E-state index is 0.187. The lowest BCUT2D eigenvalue weighted by Crippen LogP contribution is -2.07. The van der Waals surface area contributed by atoms with E-state index in [1.54, 1.807) is 38.1 Å². The number of phenols is 1. The SMILES string of the molecule is CC.CCOC(=O)c1ccc(C#Cc2ccc(O)cc2C(F)(F)F)c(-c2ccc(C#N)c(C)c2)c1. The third kappa shape index (κ3) is 6.65. The van der Waals surface area contributed by atoms with E-state index in [4.69, 9.17) is 4.74 Å². The lowest BCUT2D eigenvalue weighted by atomic mass is 9.94. The molecule has 0 amide bonds. The number of phenolic OH excluding ortho intramolecular Hbond substituents is 1. The summed E-state index contributed by atoms with van der Waals surface area (Å²) in [7, 11) is 0. The number of nitriles is 1. The number of hydrogen-bond donors (Lipinski definition) is 1. The number of halogens is 3. The van der Waals surface area contributed by atoms with Gasteiger partial charge in [0, 0.05) is 11.1 Å². The first kappa shape index (κ1) is 27.0. The summed E-state index contributed by atoms with van der Waals surface area (Å²) in [5.74, 6) is 4.24. The molecule has 35 heavy (non-hydrogen) atoms. The molecule has 7 heteroatoms. The topological polar surface area (TPSA) is 70.3 Å². The fourth-order valence-corrected chi connectivity index (χ4v) is 3.20. The van der Waals surface area contributed by atoms with Gasteiger partial charge in [-0.05, 0) is 73.0 Å². The van der Waals surface area contributed by atoms with Gasteiger partial charge in [-0.2, -0.15) is 18.4 Å². The van der Waals surface area contributed by atoms with Crippen LogP contribution >= 0.6 is 0 Å². The highest BCUT2D eigenvalue weighted by molar-refractivity contribution is 5.92. The molecule has 1 N–H and O–H groups in total. The molecule has 0 heterocycles. The summed E-state index contributed by atoms with van der Waals surface area (Å²) in [6, 6.07) is 14.6. The van der Waals surface area contributed by atoms with E-state index >= 15 is 0 Å². The minimum atomic E-state index is -4.69. The van der Waals surface area contributed by atoms with Gasteiger partial charge in [0.1, 0.15) is 5.75 Å². The van der Waals surface area contributed by atoms with E-state index in [2.05, 4.69) is 17.9 Å². The molecule has 0 aliphatic carbocycles. The molecular formula is C28H24F3NO3. The number of alkyl halides is 3. The van der Waals surface area contributed by atoms with Crippen LogP contribution in [-0.2, 0) is 10.9 Å². The lowest BCUT2D eigenvalue weighted by molar-refractivity contribution is -0.137. The van der Waals surface area contributed by atoms with E-state index in [-0.39, 0.29) is 17.7 Å². The molecular weight excluding hydrogens is 455 g/mol. The summed E-state index contributed by atoms with van der Waals surface area (Å²) in [5, 5.41) is 18.6. The Hall–Kier alpha value is -4.23. The van der Waals surface area contributed by atoms with Crippen LogP contribution < -0.4 is 0 Å². The van der Waals surface area contributed by atoms with Crippen LogP contribution in [-0.4, -0.2) is 17.7 Å². The molecule has 0 aliphatic rings. The smallest absolute Gasteiger partial charge is 0.417 e. The molecule has 0 saturated heterocycles. The Kier molecular flexibility index (Phi) is 9.08. The Balaban J connectivity index is 0.00000210. The van der Waals surface area contributed by atoms with Gasteiger partial charge in [0.05, 0.1) is 29.4 Å². The molecule has 0 aliphatic heterocycles. The molecule has 4 nitrogen and oxygen atoms in total. The minimum Gasteiger partial charge on any atom is -0.508 e. The molecule has 0 bridgehead atoms. The molecule has 0 radical (unpaired) electrons. The van der Waals surface area contributed by atoms with Gasteiger partial charge in [-0.3, -0.25) is 0 Å². The largest absolute Gasteiger partial charge is 0.508 e. The van der Waals surface area contributed by atoms with Crippen LogP contribution in [0.15, 0.2) is 54.6 Å². The van der Waals surface area contributed by atoms with Crippen molar-refractivity contribution in [1.29, 1.82) is 5.26 Å². The van der Waals surface area contributed by atoms with E-state index < -0.39 is 23.5 Å². The third-order valence-corrected chi connectivity index (χ3v) is 4.83. The summed E-state index contributed by atoms with van der Waals surface area (Å²) >= 11 is 0. The predicted octanol–water partition coefficient (Wildman–Crippen LogP) is 6.86. The van der Waals surface area contributed by atoms with Gasteiger partial charge in [-0.15, -0.1) is 0 Å². The van der Waals surface area contributed by atoms with Crippen LogP contribution in [0.4, 0.5) is 13.2 Å². The summed E-state index contributed by atoms with van der Waals surface area (Å²) in [5.41, 5.74) is 1.64. The zero-order chi connectivity index (χ0) is 26.2. The van der Waals surface area contributed by atoms with Crippen molar-refractivity contribution in [3.8, 4) is 34.8 Å². The number of carbonyl (C=O) groups is 1. The Morgan fingerprint density at radius 2 is 1.60 bits per heavy atom. The molecule has 0 saturated carbocycles. The molecule has 180 valence electrons. The number of hydrogen-bond acceptors (Lipinski definition) is 4. The van der Waals surface area contributed by atoms with E-state index in [0.717, 1.165) is 12.1 Å². The van der Waals surface area contributed by atoms with E-state index in [1.807, 2.05) is 13.8 Å². The number of rotatable bonds is 3. The molecule has 0 aromatic heterocycles. The maximum absolute atomic E-state index is 13.4. The van der Waals surface area contributed by atoms with Gasteiger partial charge in [0.15, 0.2) is 0 Å². The van der Waals surface area contributed by atoms with Crippen LogP contribution in [0, 0.1) is 30.1 Å². The van der Waals surface area contributed by atoms with Crippen LogP contribution in [0.5, 0.6) is 5.75 Å². The monoisotopic (exact) mass is 479 g/mol. The Bertz CT molecular complexity index is 1330. The van der Waals surface area contributed by atoms with Gasteiger partial charge < -0.3 is 9.84 Å². The van der Waals surface area contributed by atoms with Gasteiger partial charge in [0.2, 0.25) is 0 Å². The van der Waals surface area contributed by atoms with Crippen LogP contribution in [0.25, 0.3) is 11.1 Å². The summed E-state index contributed by atoms with van der Waals surface area (Å²) < 4.78 is 45.2. The highest BCUT2D eigenvalue weighted by Gasteiger charge is 2.33. The standard InChI is InChI=1S/C26H18F3NO3.C2H6/c1-3-33-25(32)20-8-5-17(23(13-20)19-7-9-21(15-30)16(2)12-19)4-6-18-10-11-22(31)14-24(18)26(27,28)29;1-2/h5,7-14,31H,3H2,1-2H3;1-2H3. The van der Waals surface area contributed by atoms with Crippen molar-refractivity contribution in [2.75, 3.05) is 6.61 Å². The highest BCUT2D eigenvalue weighted by Crippen LogP contribution is 2.34. The van der Waals surface area contributed by atoms with Crippen molar-refractivity contribution in [3.63, 3.8) is 0 Å². The second kappa shape index (κ2) is 11.8. The average molecular weight is 479 g/mol. The number of esters is 1. The molecule has 0 atom stereocenters. The number of aryl methyl sites for hydroxylation is 1. The van der Waals surface area contributed by atoms with E-state index in [0.29, 0.717) is 33.9 Å². The fraction of sp³-hybridized carbons (Fsp3) is 0.214. The van der Waals surface area contributed by atoms with Gasteiger partial charge in [-0.25, -0.2) is 4.79 Å². The first-order valence-corrected chi connectivity index (χ1v) is 10.9. The second-order valence-corrected chi connectivity index (χ2v) is 7.10. The maximum atomic E-state index is 13.4. The third-order valence-electron chi connectivity index (χ3n) is 4.83. The van der Waals surface area contributed by atoms with Crippen molar-refractivity contribution >= 4 is 5.97 Å². The van der Waals surface area contributed by atoms with Gasteiger partial charge in [0.25, 0.3) is 0 Å². The summed E-state index contributed by atoms with van der Waals surface area (Å²) in [6.07, 6.45) is -4.69. The maximum Gasteiger partial charge on any atom is 0.417 e. The Labute approximate surface area is 202 Å². The number of aromatic hydroxyl groups is 1. The van der Waals surface area contributed by atoms with E-state index in [9.17, 15) is 28.3 Å². The molecule has 3 rings (SSSR count). The first-order valence-electron chi connectivity index (χ1n) is 10.9. The number of benzene rings is 3. The lowest BCUT2D eigenvalue weighted by Gasteiger charge is -2.11. The quantitative estimate of drug-likeness (QED) is 0.329. The van der Waals surface area contributed by atoms with Crippen molar-refractivity contribution in [1.82, 2.24) is 0 Å². The predicted molar refractivity (Wildman–Crippen MR) is 128 cm³/mol. The Morgan fingerprint density at radius 1 is 0.971 bits per heavy atom. The fourth-order valence-electron chi connectivity index (χ4n) is 3.20. The van der Waals surface area contributed by atoms with E-state index in [1.165, 1.54) is 12.1 Å². The van der Waals surface area contributed by atoms with Crippen molar-refractivity contribution in [2.45, 2.75) is 33.9 Å². The van der Waals surface area contributed by atoms with Crippen molar-refractivity contribution in [3.05, 3.63) is 88.0 Å². The zero-order valence-electron chi connectivity index (χ0n) is 19.7. The van der Waals surface area contributed by atoms with Crippen LogP contribution in [0.3, 0.4) is 0 Å². The molecule has 3 aromatic carbocycles. The normalized spacial score (nSPS) is 10.2. The summed E-state index contributed by atoms with van der Waals surface area (Å²) in [4.78, 5) is 12.2. The number of ether oxygens (including phenoxy) is 1.